The van der Waals surface area contributed by atoms with E-state index >= 15 is 0 Å². The van der Waals surface area contributed by atoms with Crippen LogP contribution >= 0.6 is 0 Å². The van der Waals surface area contributed by atoms with Crippen LogP contribution in [0.25, 0.3) is 0 Å². The van der Waals surface area contributed by atoms with E-state index in [9.17, 15) is 4.39 Å². The fraction of sp³-hybridized carbons (Fsp3) is 0.455. The summed E-state index contributed by atoms with van der Waals surface area (Å²) in [4.78, 5) is 0. The van der Waals surface area contributed by atoms with Crippen LogP contribution in [0.4, 0.5) is 4.39 Å². The van der Waals surface area contributed by atoms with Gasteiger partial charge < -0.3 is 10.1 Å². The van der Waals surface area contributed by atoms with Gasteiger partial charge in [-0.25, -0.2) is 4.39 Å². The Bertz CT molecular complexity index is 260. The van der Waals surface area contributed by atoms with Crippen molar-refractivity contribution >= 4 is 0 Å². The molecule has 0 heterocycles. The van der Waals surface area contributed by atoms with Crippen LogP contribution in [0, 0.1) is 5.82 Å². The molecule has 0 amide bonds. The van der Waals surface area contributed by atoms with Crippen LogP contribution < -0.4 is 5.32 Å². The smallest absolute Gasteiger partial charge is 0.123 e. The molecule has 0 aromatic heterocycles. The van der Waals surface area contributed by atoms with Crippen molar-refractivity contribution in [3.63, 3.8) is 0 Å². The van der Waals surface area contributed by atoms with Crippen molar-refractivity contribution in [2.75, 3.05) is 20.8 Å². The summed E-state index contributed by atoms with van der Waals surface area (Å²) in [6.45, 7) is 0.697. The van der Waals surface area contributed by atoms with Gasteiger partial charge >= 0.3 is 0 Å². The molecule has 0 saturated heterocycles. The van der Waals surface area contributed by atoms with Crippen LogP contribution in [0.3, 0.4) is 0 Å². The summed E-state index contributed by atoms with van der Waals surface area (Å²) < 4.78 is 17.7. The first-order chi connectivity index (χ1) is 6.77. The fourth-order valence-electron chi connectivity index (χ4n) is 1.41. The molecule has 0 bridgehead atoms. The molecule has 1 rings (SSSR count). The van der Waals surface area contributed by atoms with Crippen molar-refractivity contribution in [2.24, 2.45) is 0 Å². The van der Waals surface area contributed by atoms with E-state index in [2.05, 4.69) is 5.32 Å². The van der Waals surface area contributed by atoms with Gasteiger partial charge in [0.25, 0.3) is 0 Å². The van der Waals surface area contributed by atoms with Crippen molar-refractivity contribution < 1.29 is 9.13 Å². The van der Waals surface area contributed by atoms with Crippen LogP contribution in [0.1, 0.15) is 18.0 Å². The highest BCUT2D eigenvalue weighted by Crippen LogP contribution is 2.16. The molecule has 0 spiro atoms. The molecule has 0 radical (unpaired) electrons. The summed E-state index contributed by atoms with van der Waals surface area (Å²) >= 11 is 0. The highest BCUT2D eigenvalue weighted by Gasteiger charge is 2.07. The number of halogens is 1. The van der Waals surface area contributed by atoms with Gasteiger partial charge in [0.2, 0.25) is 0 Å². The van der Waals surface area contributed by atoms with Crippen molar-refractivity contribution in [3.05, 3.63) is 35.6 Å². The Labute approximate surface area is 84.1 Å². The van der Waals surface area contributed by atoms with Crippen molar-refractivity contribution in [2.45, 2.75) is 12.5 Å². The Morgan fingerprint density at radius 1 is 1.36 bits per heavy atom. The third-order valence-corrected chi connectivity index (χ3v) is 2.23. The van der Waals surface area contributed by atoms with Gasteiger partial charge in [0.1, 0.15) is 5.82 Å². The molecule has 0 aliphatic heterocycles. The zero-order chi connectivity index (χ0) is 10.4. The molecule has 0 aliphatic carbocycles. The lowest BCUT2D eigenvalue weighted by molar-refractivity contribution is 0.184. The van der Waals surface area contributed by atoms with Gasteiger partial charge in [0, 0.05) is 19.8 Å². The van der Waals surface area contributed by atoms with Gasteiger partial charge in [-0.2, -0.15) is 0 Å². The molecule has 0 aliphatic rings. The van der Waals surface area contributed by atoms with Crippen LogP contribution in [-0.4, -0.2) is 20.8 Å². The average Bonchev–Trinajstić information content (AvgIpc) is 2.21. The topological polar surface area (TPSA) is 21.3 Å². The monoisotopic (exact) mass is 197 g/mol. The second-order valence-electron chi connectivity index (χ2n) is 3.17. The lowest BCUT2D eigenvalue weighted by Gasteiger charge is -2.15. The SMILES string of the molecule is CNC(CCOC)c1ccc(F)cc1. The predicted molar refractivity (Wildman–Crippen MR) is 54.7 cm³/mol. The van der Waals surface area contributed by atoms with Gasteiger partial charge in [0.15, 0.2) is 0 Å². The number of hydrogen-bond donors (Lipinski definition) is 1. The lowest BCUT2D eigenvalue weighted by atomic mass is 10.0. The van der Waals surface area contributed by atoms with Crippen LogP contribution in [0.15, 0.2) is 24.3 Å². The fourth-order valence-corrected chi connectivity index (χ4v) is 1.41. The summed E-state index contributed by atoms with van der Waals surface area (Å²) in [5, 5.41) is 3.17. The molecule has 1 N–H and O–H groups in total. The van der Waals surface area contributed by atoms with Crippen LogP contribution in [-0.2, 0) is 4.74 Å². The normalized spacial score (nSPS) is 12.8. The number of rotatable bonds is 5. The van der Waals surface area contributed by atoms with Gasteiger partial charge in [-0.3, -0.25) is 0 Å². The maximum atomic E-state index is 12.7. The summed E-state index contributed by atoms with van der Waals surface area (Å²) in [5.74, 6) is -0.199. The Morgan fingerprint density at radius 3 is 2.50 bits per heavy atom. The zero-order valence-corrected chi connectivity index (χ0v) is 8.59. The highest BCUT2D eigenvalue weighted by atomic mass is 19.1. The van der Waals surface area contributed by atoms with E-state index in [1.165, 1.54) is 12.1 Å². The summed E-state index contributed by atoms with van der Waals surface area (Å²) in [5.41, 5.74) is 1.09. The molecule has 14 heavy (non-hydrogen) atoms. The predicted octanol–water partition coefficient (Wildman–Crippen LogP) is 2.12. The Hall–Kier alpha value is -0.930. The molecule has 1 aromatic rings. The maximum absolute atomic E-state index is 12.7. The van der Waals surface area contributed by atoms with E-state index in [1.54, 1.807) is 19.2 Å². The lowest BCUT2D eigenvalue weighted by Crippen LogP contribution is -2.17. The minimum absolute atomic E-state index is 0.199. The zero-order valence-electron chi connectivity index (χ0n) is 8.59. The molecule has 1 aromatic carbocycles. The Balaban J connectivity index is 2.64. The molecule has 1 atom stereocenters. The van der Waals surface area contributed by atoms with E-state index in [-0.39, 0.29) is 11.9 Å². The molecule has 2 nitrogen and oxygen atoms in total. The van der Waals surface area contributed by atoms with E-state index < -0.39 is 0 Å². The molecule has 1 unspecified atom stereocenters. The van der Waals surface area contributed by atoms with E-state index in [0.717, 1.165) is 12.0 Å². The first-order valence-electron chi connectivity index (χ1n) is 4.69. The van der Waals surface area contributed by atoms with E-state index in [4.69, 9.17) is 4.74 Å². The third-order valence-electron chi connectivity index (χ3n) is 2.23. The quantitative estimate of drug-likeness (QED) is 0.780. The van der Waals surface area contributed by atoms with Crippen molar-refractivity contribution in [1.29, 1.82) is 0 Å². The molecular weight excluding hydrogens is 181 g/mol. The van der Waals surface area contributed by atoms with E-state index in [1.807, 2.05) is 7.05 Å². The van der Waals surface area contributed by atoms with Crippen LogP contribution in [0.5, 0.6) is 0 Å². The number of methoxy groups -OCH3 is 1. The minimum atomic E-state index is -0.199. The number of ether oxygens (including phenoxy) is 1. The first-order valence-corrected chi connectivity index (χ1v) is 4.69. The molecule has 0 saturated carbocycles. The van der Waals surface area contributed by atoms with E-state index in [0.29, 0.717) is 6.61 Å². The third kappa shape index (κ3) is 3.09. The minimum Gasteiger partial charge on any atom is -0.385 e. The standard InChI is InChI=1S/C11H16FNO/c1-13-11(7-8-14-2)9-3-5-10(12)6-4-9/h3-6,11,13H,7-8H2,1-2H3. The maximum Gasteiger partial charge on any atom is 0.123 e. The average molecular weight is 197 g/mol. The molecule has 78 valence electrons. The van der Waals surface area contributed by atoms with Crippen molar-refractivity contribution in [3.8, 4) is 0 Å². The van der Waals surface area contributed by atoms with Gasteiger partial charge in [-0.15, -0.1) is 0 Å². The summed E-state index contributed by atoms with van der Waals surface area (Å²) in [6.07, 6.45) is 0.888. The first kappa shape index (κ1) is 11.1. The summed E-state index contributed by atoms with van der Waals surface area (Å²) in [6, 6.07) is 6.78. The van der Waals surface area contributed by atoms with Crippen molar-refractivity contribution in [1.82, 2.24) is 5.32 Å². The van der Waals surface area contributed by atoms with Gasteiger partial charge in [-0.05, 0) is 31.2 Å². The van der Waals surface area contributed by atoms with Gasteiger partial charge in [0.05, 0.1) is 0 Å². The Morgan fingerprint density at radius 2 is 2.00 bits per heavy atom. The number of hydrogen-bond acceptors (Lipinski definition) is 2. The highest BCUT2D eigenvalue weighted by molar-refractivity contribution is 5.19. The second kappa shape index (κ2) is 5.73. The molecule has 3 heteroatoms. The van der Waals surface area contributed by atoms with Crippen LogP contribution in [0.2, 0.25) is 0 Å². The Kier molecular flexibility index (Phi) is 4.56. The second-order valence-corrected chi connectivity index (χ2v) is 3.17. The molecular formula is C11H16FNO. The van der Waals surface area contributed by atoms with Gasteiger partial charge in [-0.1, -0.05) is 12.1 Å². The largest absolute Gasteiger partial charge is 0.385 e. The number of nitrogens with one attached hydrogen (secondary N) is 1. The summed E-state index contributed by atoms with van der Waals surface area (Å²) in [7, 11) is 3.57. The number of benzene rings is 1. The molecule has 0 fully saturated rings.